The van der Waals surface area contributed by atoms with E-state index in [1.807, 2.05) is 49.2 Å². The molecule has 16 heteroatoms. The predicted molar refractivity (Wildman–Crippen MR) is 177 cm³/mol. The Balaban J connectivity index is 1.04. The van der Waals surface area contributed by atoms with E-state index in [2.05, 4.69) is 40.8 Å². The fourth-order valence-corrected chi connectivity index (χ4v) is 6.45. The third kappa shape index (κ3) is 7.75. The Bertz CT molecular complexity index is 1760. The highest BCUT2D eigenvalue weighted by molar-refractivity contribution is 6.32. The first kappa shape index (κ1) is 32.0. The lowest BCUT2D eigenvalue weighted by molar-refractivity contribution is 0.00502. The van der Waals surface area contributed by atoms with Gasteiger partial charge in [0.25, 0.3) is 5.88 Å². The third-order valence-corrected chi connectivity index (χ3v) is 9.06. The summed E-state index contributed by atoms with van der Waals surface area (Å²) in [6, 6.07) is 8.42. The van der Waals surface area contributed by atoms with Crippen molar-refractivity contribution in [2.75, 3.05) is 31.6 Å². The summed E-state index contributed by atoms with van der Waals surface area (Å²) in [5, 5.41) is 24.4. The second-order valence-electron chi connectivity index (χ2n) is 12.2. The van der Waals surface area contributed by atoms with Crippen LogP contribution in [0.2, 0.25) is 5.02 Å². The van der Waals surface area contributed by atoms with E-state index in [1.54, 1.807) is 34.2 Å². The maximum Gasteiger partial charge on any atom is 0.257 e. The highest BCUT2D eigenvalue weighted by Crippen LogP contribution is 2.35. The van der Waals surface area contributed by atoms with Gasteiger partial charge in [0.05, 0.1) is 42.7 Å². The molecule has 1 saturated heterocycles. The normalized spacial score (nSPS) is 19.2. The largest absolute Gasteiger partial charge is 0.487 e. The van der Waals surface area contributed by atoms with Gasteiger partial charge in [0.1, 0.15) is 30.5 Å². The van der Waals surface area contributed by atoms with Gasteiger partial charge in [0, 0.05) is 50.3 Å². The zero-order chi connectivity index (χ0) is 32.9. The molecule has 5 heterocycles. The molecule has 7 rings (SSSR count). The fraction of sp³-hybridized carbons (Fsp3) is 0.469. The molecule has 1 aliphatic carbocycles. The molecular weight excluding hydrogens is 636 g/mol. The van der Waals surface area contributed by atoms with Crippen LogP contribution in [-0.2, 0) is 24.9 Å². The smallest absolute Gasteiger partial charge is 0.257 e. The van der Waals surface area contributed by atoms with Gasteiger partial charge in [-0.3, -0.25) is 14.3 Å². The molecule has 2 aliphatic rings. The Kier molecular flexibility index (Phi) is 9.77. The van der Waals surface area contributed by atoms with Crippen LogP contribution in [0.5, 0.6) is 11.6 Å². The lowest BCUT2D eigenvalue weighted by atomic mass is 9.90. The van der Waals surface area contributed by atoms with Crippen LogP contribution in [0.1, 0.15) is 44.3 Å². The van der Waals surface area contributed by atoms with Crippen molar-refractivity contribution < 1.29 is 14.2 Å². The summed E-state index contributed by atoms with van der Waals surface area (Å²) < 4.78 is 23.3. The molecule has 252 valence electrons. The number of halogens is 1. The highest BCUT2D eigenvalue weighted by atomic mass is 35.5. The Hall–Kier alpha value is -4.60. The van der Waals surface area contributed by atoms with Gasteiger partial charge in [-0.2, -0.15) is 5.10 Å². The van der Waals surface area contributed by atoms with Gasteiger partial charge in [-0.1, -0.05) is 17.7 Å². The molecule has 1 aromatic carbocycles. The minimum Gasteiger partial charge on any atom is -0.487 e. The van der Waals surface area contributed by atoms with Crippen molar-refractivity contribution in [3.8, 4) is 22.8 Å². The number of nitrogens with zero attached hydrogens (tertiary/aromatic N) is 11. The van der Waals surface area contributed by atoms with Crippen LogP contribution in [-0.4, -0.2) is 93.1 Å². The molecule has 2 fully saturated rings. The topological polar surface area (TPSA) is 148 Å². The summed E-state index contributed by atoms with van der Waals surface area (Å²) in [5.41, 5.74) is 3.21. The number of ether oxygens (including phenoxy) is 3. The molecule has 0 amide bonds. The summed E-state index contributed by atoms with van der Waals surface area (Å²) in [5.74, 6) is 1.47. The molecule has 15 nitrogen and oxygen atoms in total. The molecule has 1 N–H and O–H groups in total. The van der Waals surface area contributed by atoms with E-state index in [1.165, 1.54) is 0 Å². The van der Waals surface area contributed by atoms with Crippen LogP contribution in [0.4, 0.5) is 11.6 Å². The van der Waals surface area contributed by atoms with Crippen molar-refractivity contribution >= 4 is 23.2 Å². The van der Waals surface area contributed by atoms with Crippen LogP contribution >= 0.6 is 11.6 Å². The number of nitrogens with one attached hydrogen (secondary N) is 1. The van der Waals surface area contributed by atoms with E-state index >= 15 is 0 Å². The quantitative estimate of drug-likeness (QED) is 0.201. The van der Waals surface area contributed by atoms with Crippen molar-refractivity contribution in [3.63, 3.8) is 0 Å². The van der Waals surface area contributed by atoms with Crippen molar-refractivity contribution in [1.29, 1.82) is 0 Å². The Morgan fingerprint density at radius 1 is 1.02 bits per heavy atom. The second-order valence-corrected chi connectivity index (χ2v) is 12.6. The van der Waals surface area contributed by atoms with Gasteiger partial charge in [0.2, 0.25) is 5.95 Å². The molecule has 5 aromatic rings. The average molecular weight is 675 g/mol. The van der Waals surface area contributed by atoms with Crippen LogP contribution in [0.25, 0.3) is 11.1 Å². The Morgan fingerprint density at radius 2 is 1.81 bits per heavy atom. The monoisotopic (exact) mass is 674 g/mol. The van der Waals surface area contributed by atoms with Crippen molar-refractivity contribution in [1.82, 2.24) is 54.6 Å². The molecule has 0 spiro atoms. The maximum atomic E-state index is 6.46. The van der Waals surface area contributed by atoms with Gasteiger partial charge in [-0.05, 0) is 66.8 Å². The zero-order valence-corrected chi connectivity index (χ0v) is 27.8. The number of tetrazole rings is 1. The van der Waals surface area contributed by atoms with Gasteiger partial charge in [-0.25, -0.2) is 14.6 Å². The molecule has 1 aliphatic heterocycles. The number of hydrogen-bond acceptors (Lipinski definition) is 12. The first-order chi connectivity index (χ1) is 23.5. The summed E-state index contributed by atoms with van der Waals surface area (Å²) in [6.07, 6.45) is 13.1. The van der Waals surface area contributed by atoms with Gasteiger partial charge < -0.3 is 19.5 Å². The number of morpholine rings is 1. The van der Waals surface area contributed by atoms with Gasteiger partial charge in [0.15, 0.2) is 0 Å². The van der Waals surface area contributed by atoms with Crippen LogP contribution in [0.15, 0.2) is 55.4 Å². The van der Waals surface area contributed by atoms with Gasteiger partial charge in [-0.15, -0.1) is 10.2 Å². The van der Waals surface area contributed by atoms with Crippen LogP contribution in [0.3, 0.4) is 0 Å². The summed E-state index contributed by atoms with van der Waals surface area (Å²) >= 11 is 6.46. The first-order valence-corrected chi connectivity index (χ1v) is 16.6. The molecular formula is C32H39ClN12O3. The van der Waals surface area contributed by atoms with Crippen molar-refractivity contribution in [2.45, 2.75) is 63.9 Å². The second kappa shape index (κ2) is 14.7. The lowest BCUT2D eigenvalue weighted by Crippen LogP contribution is -2.45. The summed E-state index contributed by atoms with van der Waals surface area (Å²) in [4.78, 5) is 11.8. The molecule has 4 aromatic heterocycles. The van der Waals surface area contributed by atoms with Gasteiger partial charge >= 0.3 is 0 Å². The Morgan fingerprint density at radius 3 is 2.54 bits per heavy atom. The molecule has 0 radical (unpaired) electrons. The summed E-state index contributed by atoms with van der Waals surface area (Å²) in [7, 11) is 1.89. The number of benzene rings is 1. The van der Waals surface area contributed by atoms with Crippen molar-refractivity contribution in [3.05, 3.63) is 66.1 Å². The first-order valence-electron chi connectivity index (χ1n) is 16.3. The number of aryl methyl sites for hydroxylation is 1. The van der Waals surface area contributed by atoms with E-state index in [4.69, 9.17) is 30.9 Å². The SMILES string of the molecule is CC(Cn1cnnn1)Oc1cc(-c2cnc(Nc3cn(C4CCC(N5CCOCC5)CC4)nc3OCc3ccn(C)n3)nc2)ccc1Cl. The maximum absolute atomic E-state index is 6.46. The van der Waals surface area contributed by atoms with Crippen LogP contribution < -0.4 is 14.8 Å². The van der Waals surface area contributed by atoms with E-state index in [0.717, 1.165) is 68.8 Å². The number of anilines is 2. The number of aromatic nitrogens is 10. The van der Waals surface area contributed by atoms with Crippen molar-refractivity contribution in [2.24, 2.45) is 7.05 Å². The van der Waals surface area contributed by atoms with E-state index in [0.29, 0.717) is 47.5 Å². The number of hydrogen-bond donors (Lipinski definition) is 1. The highest BCUT2D eigenvalue weighted by Gasteiger charge is 2.29. The zero-order valence-electron chi connectivity index (χ0n) is 27.0. The molecule has 1 saturated carbocycles. The lowest BCUT2D eigenvalue weighted by Gasteiger charge is -2.38. The molecule has 48 heavy (non-hydrogen) atoms. The molecule has 1 atom stereocenters. The fourth-order valence-electron chi connectivity index (χ4n) is 6.28. The predicted octanol–water partition coefficient (Wildman–Crippen LogP) is 4.32. The third-order valence-electron chi connectivity index (χ3n) is 8.75. The van der Waals surface area contributed by atoms with E-state index < -0.39 is 0 Å². The minimum absolute atomic E-state index is 0.209. The van der Waals surface area contributed by atoms with E-state index in [9.17, 15) is 0 Å². The van der Waals surface area contributed by atoms with Crippen LogP contribution in [0, 0.1) is 0 Å². The summed E-state index contributed by atoms with van der Waals surface area (Å²) in [6.45, 7) is 6.40. The Labute approximate surface area is 283 Å². The standard InChI is InChI=1S/C32H39ClN12O3/c1-22(18-44-21-36-40-41-44)48-30-15-23(3-8-28(30)33)24-16-34-32(35-17-24)37-29-19-45(39-31(29)47-20-25-9-10-42(2)38-25)27-6-4-26(5-7-27)43-11-13-46-14-12-43/h3,8-10,15-17,19,21-22,26-27H,4-7,11-14,18,20H2,1-2H3,(H,34,35,37). The molecule has 0 bridgehead atoms. The van der Waals surface area contributed by atoms with E-state index in [-0.39, 0.29) is 12.1 Å². The minimum atomic E-state index is -0.209. The number of rotatable bonds is 12. The average Bonchev–Trinajstić information content (AvgIpc) is 3.88. The molecule has 1 unspecified atom stereocenters.